The normalized spacial score (nSPS) is 49.2. The molecule has 0 aromatic carbocycles. The number of ketones is 1. The molecule has 0 spiro atoms. The third-order valence-electron chi connectivity index (χ3n) is 8.40. The minimum absolute atomic E-state index is 0.0851. The number of carbonyl (C=O) groups excluding carboxylic acids is 1. The van der Waals surface area contributed by atoms with Crippen LogP contribution in [0.3, 0.4) is 0 Å². The van der Waals surface area contributed by atoms with Gasteiger partial charge in [0.15, 0.2) is 5.78 Å². The summed E-state index contributed by atoms with van der Waals surface area (Å²) >= 11 is 0. The topological polar surface area (TPSA) is 66.8 Å². The molecule has 25 heavy (non-hydrogen) atoms. The number of ether oxygens (including phenoxy) is 1. The molecule has 0 saturated heterocycles. The first-order valence-electron chi connectivity index (χ1n) is 10.4. The molecule has 4 fully saturated rings. The maximum absolute atomic E-state index is 12.1. The number of hydrogen-bond acceptors (Lipinski definition) is 4. The van der Waals surface area contributed by atoms with E-state index in [4.69, 9.17) is 4.74 Å². The van der Waals surface area contributed by atoms with E-state index < -0.39 is 5.60 Å². The second-order valence-electron chi connectivity index (χ2n) is 9.44. The van der Waals surface area contributed by atoms with Crippen molar-refractivity contribution in [1.82, 2.24) is 0 Å². The molecular formula is C21H34O4. The fourth-order valence-electron chi connectivity index (χ4n) is 7.54. The smallest absolute Gasteiger partial charge is 0.161 e. The van der Waals surface area contributed by atoms with Gasteiger partial charge in [-0.15, -0.1) is 0 Å². The number of Topliss-reactive ketones (excluding diaryl/α,β-unsaturated/α-hetero) is 1. The fraction of sp³-hybridized carbons (Fsp3) is 0.952. The molecule has 0 amide bonds. The van der Waals surface area contributed by atoms with Crippen molar-refractivity contribution in [3.05, 3.63) is 0 Å². The lowest BCUT2D eigenvalue weighted by Crippen LogP contribution is -2.50. The van der Waals surface area contributed by atoms with Crippen LogP contribution in [0.5, 0.6) is 0 Å². The highest BCUT2D eigenvalue weighted by atomic mass is 16.5. The number of aliphatic hydroxyl groups excluding tert-OH is 1. The van der Waals surface area contributed by atoms with Crippen LogP contribution in [-0.2, 0) is 9.53 Å². The van der Waals surface area contributed by atoms with Crippen molar-refractivity contribution in [3.8, 4) is 0 Å². The standard InChI is InChI=1S/C21H34O4/c1-25-12-21(24)9-8-14-13(10-21)2-3-16-15(14)4-5-18-17(16)6-7-19(18)20(23)11-22/h13-19,22,24H,2-12H2,1H3/t13-,14+,15-,16-,17+,18+,19+,21-/m1/s1. The first-order chi connectivity index (χ1) is 12.1. The van der Waals surface area contributed by atoms with Crippen molar-refractivity contribution in [2.45, 2.75) is 63.4 Å². The molecule has 0 aromatic rings. The van der Waals surface area contributed by atoms with E-state index in [1.54, 1.807) is 7.11 Å². The van der Waals surface area contributed by atoms with Crippen LogP contribution in [0.4, 0.5) is 0 Å². The Bertz CT molecular complexity index is 506. The predicted molar refractivity (Wildman–Crippen MR) is 94.9 cm³/mol. The Morgan fingerprint density at radius 1 is 0.960 bits per heavy atom. The second-order valence-corrected chi connectivity index (χ2v) is 9.44. The number of rotatable bonds is 4. The Morgan fingerprint density at radius 3 is 2.36 bits per heavy atom. The van der Waals surface area contributed by atoms with Gasteiger partial charge in [-0.25, -0.2) is 0 Å². The molecule has 0 unspecified atom stereocenters. The molecule has 2 N–H and O–H groups in total. The number of methoxy groups -OCH3 is 1. The van der Waals surface area contributed by atoms with Gasteiger partial charge in [-0.05, 0) is 93.3 Å². The Balaban J connectivity index is 1.45. The summed E-state index contributed by atoms with van der Waals surface area (Å²) in [4.78, 5) is 12.1. The van der Waals surface area contributed by atoms with Crippen LogP contribution in [0.15, 0.2) is 0 Å². The molecule has 0 radical (unpaired) electrons. The van der Waals surface area contributed by atoms with Gasteiger partial charge in [-0.2, -0.15) is 0 Å². The number of carbonyl (C=O) groups is 1. The van der Waals surface area contributed by atoms with E-state index in [0.717, 1.165) is 43.4 Å². The highest BCUT2D eigenvalue weighted by Crippen LogP contribution is 2.59. The summed E-state index contributed by atoms with van der Waals surface area (Å²) < 4.78 is 5.27. The van der Waals surface area contributed by atoms with Crippen LogP contribution in [0.25, 0.3) is 0 Å². The monoisotopic (exact) mass is 350 g/mol. The SMILES string of the molecule is COC[C@@]1(O)CC[C@H]2[C@H](CC[C@@H]3[C@@H]2CC[C@H]2[C@H]3CC[C@@H]2C(=O)CO)C1. The van der Waals surface area contributed by atoms with E-state index in [2.05, 4.69) is 0 Å². The zero-order chi connectivity index (χ0) is 17.6. The van der Waals surface area contributed by atoms with Gasteiger partial charge in [0.1, 0.15) is 6.61 Å². The lowest BCUT2D eigenvalue weighted by molar-refractivity contribution is -0.130. The van der Waals surface area contributed by atoms with E-state index in [1.165, 1.54) is 32.1 Å². The second kappa shape index (κ2) is 6.94. The first-order valence-corrected chi connectivity index (χ1v) is 10.4. The maximum atomic E-state index is 12.1. The van der Waals surface area contributed by atoms with Crippen LogP contribution < -0.4 is 0 Å². The molecule has 142 valence electrons. The van der Waals surface area contributed by atoms with Gasteiger partial charge < -0.3 is 14.9 Å². The predicted octanol–water partition coefficient (Wildman–Crippen LogP) is 2.80. The summed E-state index contributed by atoms with van der Waals surface area (Å²) in [5.41, 5.74) is -0.605. The molecule has 0 aliphatic heterocycles. The van der Waals surface area contributed by atoms with Crippen molar-refractivity contribution in [2.24, 2.45) is 41.4 Å². The minimum atomic E-state index is -0.605. The molecule has 4 aliphatic carbocycles. The molecule has 4 rings (SSSR count). The molecule has 0 aromatic heterocycles. The van der Waals surface area contributed by atoms with Crippen LogP contribution in [0, 0.1) is 41.4 Å². The molecule has 8 atom stereocenters. The Labute approximate surface area is 151 Å². The van der Waals surface area contributed by atoms with Crippen molar-refractivity contribution in [3.63, 3.8) is 0 Å². The summed E-state index contributed by atoms with van der Waals surface area (Å²) in [5.74, 6) is 4.47. The molecule has 0 heterocycles. The summed E-state index contributed by atoms with van der Waals surface area (Å²) in [6, 6.07) is 0. The summed E-state index contributed by atoms with van der Waals surface area (Å²) in [5, 5.41) is 20.1. The lowest BCUT2D eigenvalue weighted by atomic mass is 9.52. The van der Waals surface area contributed by atoms with Crippen molar-refractivity contribution in [2.75, 3.05) is 20.3 Å². The zero-order valence-electron chi connectivity index (χ0n) is 15.5. The number of fused-ring (bicyclic) bond motifs is 5. The van der Waals surface area contributed by atoms with E-state index in [0.29, 0.717) is 24.4 Å². The summed E-state index contributed by atoms with van der Waals surface area (Å²) in [7, 11) is 1.69. The average Bonchev–Trinajstić information content (AvgIpc) is 3.04. The van der Waals surface area contributed by atoms with Gasteiger partial charge in [0, 0.05) is 13.0 Å². The van der Waals surface area contributed by atoms with Crippen molar-refractivity contribution >= 4 is 5.78 Å². The third-order valence-corrected chi connectivity index (χ3v) is 8.40. The van der Waals surface area contributed by atoms with E-state index in [1.807, 2.05) is 0 Å². The molecule has 0 bridgehead atoms. The quantitative estimate of drug-likeness (QED) is 0.818. The van der Waals surface area contributed by atoms with Gasteiger partial charge in [0.2, 0.25) is 0 Å². The average molecular weight is 350 g/mol. The summed E-state index contributed by atoms with van der Waals surface area (Å²) in [6.07, 6.45) is 10.1. The van der Waals surface area contributed by atoms with Gasteiger partial charge in [-0.3, -0.25) is 4.79 Å². The van der Waals surface area contributed by atoms with Crippen LogP contribution >= 0.6 is 0 Å². The zero-order valence-corrected chi connectivity index (χ0v) is 15.5. The highest BCUT2D eigenvalue weighted by Gasteiger charge is 2.54. The Morgan fingerprint density at radius 2 is 1.60 bits per heavy atom. The van der Waals surface area contributed by atoms with Crippen LogP contribution in [0.1, 0.15) is 57.8 Å². The van der Waals surface area contributed by atoms with Crippen molar-refractivity contribution in [1.29, 1.82) is 0 Å². The van der Waals surface area contributed by atoms with E-state index in [9.17, 15) is 15.0 Å². The van der Waals surface area contributed by atoms with Crippen LogP contribution in [0.2, 0.25) is 0 Å². The molecule has 4 nitrogen and oxygen atoms in total. The molecule has 4 aliphatic rings. The molecule has 4 saturated carbocycles. The number of hydrogen-bond donors (Lipinski definition) is 2. The lowest BCUT2D eigenvalue weighted by Gasteiger charge is -2.54. The van der Waals surface area contributed by atoms with E-state index >= 15 is 0 Å². The maximum Gasteiger partial charge on any atom is 0.161 e. The van der Waals surface area contributed by atoms with Gasteiger partial charge >= 0.3 is 0 Å². The molecular weight excluding hydrogens is 316 g/mol. The first kappa shape index (κ1) is 17.9. The van der Waals surface area contributed by atoms with Crippen LogP contribution in [-0.4, -0.2) is 41.9 Å². The van der Waals surface area contributed by atoms with Gasteiger partial charge in [0.05, 0.1) is 12.2 Å². The Hall–Kier alpha value is -0.450. The van der Waals surface area contributed by atoms with E-state index in [-0.39, 0.29) is 18.3 Å². The Kier molecular flexibility index (Phi) is 4.98. The summed E-state index contributed by atoms with van der Waals surface area (Å²) in [6.45, 7) is 0.199. The third kappa shape index (κ3) is 3.08. The fourth-order valence-corrected chi connectivity index (χ4v) is 7.54. The highest BCUT2D eigenvalue weighted by molar-refractivity contribution is 5.82. The minimum Gasteiger partial charge on any atom is -0.389 e. The molecule has 4 heteroatoms. The van der Waals surface area contributed by atoms with Gasteiger partial charge in [-0.1, -0.05) is 0 Å². The van der Waals surface area contributed by atoms with Gasteiger partial charge in [0.25, 0.3) is 0 Å². The number of aliphatic hydroxyl groups is 2. The largest absolute Gasteiger partial charge is 0.389 e. The van der Waals surface area contributed by atoms with Crippen molar-refractivity contribution < 1.29 is 19.7 Å².